The SMILES string of the molecule is O=c1/c(=C\C=C/c2ccccc2)sc2nc3ccccc3n12. The van der Waals surface area contributed by atoms with E-state index in [0.717, 1.165) is 21.6 Å². The lowest BCUT2D eigenvalue weighted by Crippen LogP contribution is -2.22. The zero-order valence-corrected chi connectivity index (χ0v) is 12.5. The van der Waals surface area contributed by atoms with E-state index in [4.69, 9.17) is 0 Å². The number of thiazole rings is 1. The summed E-state index contributed by atoms with van der Waals surface area (Å²) in [6.07, 6.45) is 5.74. The molecule has 0 amide bonds. The van der Waals surface area contributed by atoms with E-state index in [0.29, 0.717) is 4.53 Å². The number of hydrogen-bond donors (Lipinski definition) is 0. The first-order valence-corrected chi connectivity index (χ1v) is 7.78. The van der Waals surface area contributed by atoms with Crippen molar-refractivity contribution in [3.63, 3.8) is 0 Å². The first-order valence-electron chi connectivity index (χ1n) is 6.96. The summed E-state index contributed by atoms with van der Waals surface area (Å²) in [6, 6.07) is 17.7. The molecule has 0 radical (unpaired) electrons. The third kappa shape index (κ3) is 2.14. The van der Waals surface area contributed by atoms with Gasteiger partial charge in [-0.1, -0.05) is 66.0 Å². The van der Waals surface area contributed by atoms with Crippen LogP contribution in [0.4, 0.5) is 0 Å². The molecule has 4 heteroatoms. The van der Waals surface area contributed by atoms with Gasteiger partial charge >= 0.3 is 0 Å². The molecule has 4 aromatic rings. The van der Waals surface area contributed by atoms with Crippen LogP contribution < -0.4 is 10.1 Å². The largest absolute Gasteiger partial charge is 0.274 e. The monoisotopic (exact) mass is 304 g/mol. The average Bonchev–Trinajstić information content (AvgIpc) is 3.06. The Morgan fingerprint density at radius 2 is 1.77 bits per heavy atom. The van der Waals surface area contributed by atoms with E-state index in [1.54, 1.807) is 4.40 Å². The van der Waals surface area contributed by atoms with Gasteiger partial charge in [-0.15, -0.1) is 0 Å². The zero-order chi connectivity index (χ0) is 14.9. The molecule has 0 aliphatic carbocycles. The van der Waals surface area contributed by atoms with E-state index in [9.17, 15) is 4.79 Å². The molecule has 4 rings (SSSR count). The van der Waals surface area contributed by atoms with Gasteiger partial charge in [-0.05, 0) is 23.8 Å². The molecule has 0 atom stereocenters. The molecule has 0 unspecified atom stereocenters. The van der Waals surface area contributed by atoms with Crippen molar-refractivity contribution >= 4 is 39.5 Å². The number of rotatable bonds is 2. The predicted molar refractivity (Wildman–Crippen MR) is 92.0 cm³/mol. The topological polar surface area (TPSA) is 34.4 Å². The molecular formula is C18H12N2OS. The molecule has 2 aromatic carbocycles. The van der Waals surface area contributed by atoms with E-state index in [2.05, 4.69) is 4.98 Å². The van der Waals surface area contributed by atoms with Crippen LogP contribution in [0.5, 0.6) is 0 Å². The molecule has 2 aromatic heterocycles. The molecule has 0 saturated heterocycles. The van der Waals surface area contributed by atoms with Crippen molar-refractivity contribution in [1.29, 1.82) is 0 Å². The summed E-state index contributed by atoms with van der Waals surface area (Å²) in [6.45, 7) is 0. The molecule has 0 fully saturated rings. The Kier molecular flexibility index (Phi) is 3.09. The summed E-state index contributed by atoms with van der Waals surface area (Å²) in [5.74, 6) is 0. The van der Waals surface area contributed by atoms with E-state index in [1.807, 2.05) is 72.8 Å². The minimum atomic E-state index is -0.00795. The van der Waals surface area contributed by atoms with Crippen LogP contribution in [-0.2, 0) is 0 Å². The van der Waals surface area contributed by atoms with E-state index >= 15 is 0 Å². The molecule has 0 bridgehead atoms. The van der Waals surface area contributed by atoms with Crippen molar-refractivity contribution in [2.45, 2.75) is 0 Å². The quantitative estimate of drug-likeness (QED) is 0.570. The second-order valence-corrected chi connectivity index (χ2v) is 5.94. The Bertz CT molecular complexity index is 1090. The average molecular weight is 304 g/mol. The Balaban J connectivity index is 1.83. The van der Waals surface area contributed by atoms with Gasteiger partial charge in [0.2, 0.25) is 0 Å². The van der Waals surface area contributed by atoms with E-state index in [-0.39, 0.29) is 5.56 Å². The molecular weight excluding hydrogens is 292 g/mol. The number of aromatic nitrogens is 2. The van der Waals surface area contributed by atoms with Gasteiger partial charge in [0.1, 0.15) is 0 Å². The lowest BCUT2D eigenvalue weighted by molar-refractivity contribution is 1.19. The highest BCUT2D eigenvalue weighted by Gasteiger charge is 2.09. The van der Waals surface area contributed by atoms with Crippen molar-refractivity contribution in [3.8, 4) is 0 Å². The van der Waals surface area contributed by atoms with Crippen LogP contribution in [0.25, 0.3) is 28.1 Å². The van der Waals surface area contributed by atoms with Gasteiger partial charge in [-0.25, -0.2) is 9.38 Å². The maximum absolute atomic E-state index is 12.5. The first-order chi connectivity index (χ1) is 10.8. The van der Waals surface area contributed by atoms with Crippen LogP contribution in [-0.4, -0.2) is 9.38 Å². The highest BCUT2D eigenvalue weighted by molar-refractivity contribution is 7.15. The van der Waals surface area contributed by atoms with Crippen molar-refractivity contribution in [1.82, 2.24) is 9.38 Å². The Labute approximate surface area is 130 Å². The number of benzene rings is 2. The smallest absolute Gasteiger partial charge is 0.267 e. The van der Waals surface area contributed by atoms with Crippen LogP contribution >= 0.6 is 11.3 Å². The summed E-state index contributed by atoms with van der Waals surface area (Å²) >= 11 is 1.42. The van der Waals surface area contributed by atoms with Crippen LogP contribution in [0.15, 0.2) is 65.5 Å². The number of allylic oxidation sites excluding steroid dienone is 1. The second kappa shape index (κ2) is 5.24. The predicted octanol–water partition coefficient (Wildman–Crippen LogP) is 3.12. The standard InChI is InChI=1S/C18H12N2OS/c21-17-16(12-6-9-13-7-2-1-3-8-13)22-18-19-14-10-4-5-11-15(14)20(17)18/h1-12H/b9-6-,16-12+. The number of hydrogen-bond acceptors (Lipinski definition) is 3. The second-order valence-electron chi connectivity index (χ2n) is 4.93. The van der Waals surface area contributed by atoms with Gasteiger partial charge in [0.15, 0.2) is 4.96 Å². The van der Waals surface area contributed by atoms with Gasteiger partial charge in [0, 0.05) is 0 Å². The molecule has 0 aliphatic rings. The number of fused-ring (bicyclic) bond motifs is 3. The normalized spacial score (nSPS) is 12.8. The highest BCUT2D eigenvalue weighted by atomic mass is 32.1. The maximum atomic E-state index is 12.5. The number of nitrogens with zero attached hydrogens (tertiary/aromatic N) is 2. The van der Waals surface area contributed by atoms with Gasteiger partial charge in [0.25, 0.3) is 5.56 Å². The molecule has 22 heavy (non-hydrogen) atoms. The molecule has 0 N–H and O–H groups in total. The molecule has 2 heterocycles. The van der Waals surface area contributed by atoms with Crippen molar-refractivity contribution in [2.24, 2.45) is 0 Å². The molecule has 0 spiro atoms. The molecule has 3 nitrogen and oxygen atoms in total. The molecule has 106 valence electrons. The molecule has 0 aliphatic heterocycles. The lowest BCUT2D eigenvalue weighted by Gasteiger charge is -1.88. The van der Waals surface area contributed by atoms with Crippen LogP contribution in [0.2, 0.25) is 0 Å². The molecule has 0 saturated carbocycles. The summed E-state index contributed by atoms with van der Waals surface area (Å²) in [5.41, 5.74) is 2.83. The van der Waals surface area contributed by atoms with Crippen LogP contribution in [0.1, 0.15) is 5.56 Å². The summed E-state index contributed by atoms with van der Waals surface area (Å²) < 4.78 is 2.38. The van der Waals surface area contributed by atoms with Crippen molar-refractivity contribution in [3.05, 3.63) is 81.1 Å². The lowest BCUT2D eigenvalue weighted by atomic mass is 10.2. The Morgan fingerprint density at radius 1 is 1.00 bits per heavy atom. The minimum Gasteiger partial charge on any atom is -0.267 e. The van der Waals surface area contributed by atoms with Gasteiger partial charge in [-0.3, -0.25) is 4.79 Å². The van der Waals surface area contributed by atoms with Crippen LogP contribution in [0, 0.1) is 0 Å². The maximum Gasteiger partial charge on any atom is 0.274 e. The fraction of sp³-hybridized carbons (Fsp3) is 0. The first kappa shape index (κ1) is 13.0. The number of imidazole rings is 1. The van der Waals surface area contributed by atoms with Gasteiger partial charge < -0.3 is 0 Å². The minimum absolute atomic E-state index is 0.00795. The van der Waals surface area contributed by atoms with E-state index in [1.165, 1.54) is 11.3 Å². The van der Waals surface area contributed by atoms with E-state index < -0.39 is 0 Å². The summed E-state index contributed by atoms with van der Waals surface area (Å²) in [4.78, 5) is 17.8. The third-order valence-corrected chi connectivity index (χ3v) is 4.47. The zero-order valence-electron chi connectivity index (χ0n) is 11.6. The third-order valence-electron chi connectivity index (χ3n) is 3.48. The number of para-hydroxylation sites is 2. The van der Waals surface area contributed by atoms with Crippen molar-refractivity contribution in [2.75, 3.05) is 0 Å². The highest BCUT2D eigenvalue weighted by Crippen LogP contribution is 2.15. The van der Waals surface area contributed by atoms with Crippen LogP contribution in [0.3, 0.4) is 0 Å². The van der Waals surface area contributed by atoms with Crippen molar-refractivity contribution < 1.29 is 0 Å². The Morgan fingerprint density at radius 3 is 2.64 bits per heavy atom. The Hall–Kier alpha value is -2.72. The van der Waals surface area contributed by atoms with Gasteiger partial charge in [-0.2, -0.15) is 0 Å². The summed E-state index contributed by atoms with van der Waals surface area (Å²) in [5, 5.41) is 0. The summed E-state index contributed by atoms with van der Waals surface area (Å²) in [7, 11) is 0. The fourth-order valence-electron chi connectivity index (χ4n) is 2.44. The van der Waals surface area contributed by atoms with Gasteiger partial charge in [0.05, 0.1) is 15.6 Å². The fourth-order valence-corrected chi connectivity index (χ4v) is 3.38.